The maximum atomic E-state index is 13.8. The highest BCUT2D eigenvalue weighted by Gasteiger charge is 2.47. The molecule has 0 saturated heterocycles. The standard InChI is InChI=1S/C28H31N3O2/c1-28(27(33)29-19-22-12-6-3-7-13-22)20-30-24-15-9-8-14-23(24)18-25(30)26(32)31(28)17-16-21-10-4-2-5-11-21/h3,6-10,12-15,18H,2,4-5,11,16-17,19-20H2,1H3,(H,29,33). The fraction of sp³-hybridized carbons (Fsp3) is 0.357. The van der Waals surface area contributed by atoms with E-state index >= 15 is 0 Å². The van der Waals surface area contributed by atoms with Crippen LogP contribution in [0.5, 0.6) is 0 Å². The summed E-state index contributed by atoms with van der Waals surface area (Å²) in [5.41, 5.74) is 3.16. The van der Waals surface area contributed by atoms with E-state index in [1.807, 2.05) is 77.1 Å². The Bertz CT molecular complexity index is 1210. The summed E-state index contributed by atoms with van der Waals surface area (Å²) in [5, 5.41) is 4.14. The molecule has 1 N–H and O–H groups in total. The average Bonchev–Trinajstić information content (AvgIpc) is 3.22. The van der Waals surface area contributed by atoms with Crippen molar-refractivity contribution >= 4 is 22.7 Å². The lowest BCUT2D eigenvalue weighted by Crippen LogP contribution is -2.64. The Hall–Kier alpha value is -3.34. The van der Waals surface area contributed by atoms with Gasteiger partial charge in [0.2, 0.25) is 5.91 Å². The first-order valence-electron chi connectivity index (χ1n) is 12.0. The minimum Gasteiger partial charge on any atom is -0.350 e. The molecule has 0 fully saturated rings. The molecular weight excluding hydrogens is 410 g/mol. The summed E-state index contributed by atoms with van der Waals surface area (Å²) in [6, 6.07) is 19.9. The van der Waals surface area contributed by atoms with Crippen molar-refractivity contribution in [3.63, 3.8) is 0 Å². The molecule has 1 aromatic heterocycles. The van der Waals surface area contributed by atoms with Crippen LogP contribution in [0, 0.1) is 0 Å². The SMILES string of the molecule is CC1(C(=O)NCc2ccccc2)Cn2c(cc3ccccc32)C(=O)N1CCC1=CCCCC1. The van der Waals surface area contributed by atoms with Gasteiger partial charge in [-0.05, 0) is 56.7 Å². The molecule has 1 unspecified atom stereocenters. The van der Waals surface area contributed by atoms with E-state index in [9.17, 15) is 9.59 Å². The van der Waals surface area contributed by atoms with Crippen molar-refractivity contribution in [1.82, 2.24) is 14.8 Å². The number of fused-ring (bicyclic) bond motifs is 3. The number of benzene rings is 2. The largest absolute Gasteiger partial charge is 0.350 e. The average molecular weight is 442 g/mol. The molecule has 5 nitrogen and oxygen atoms in total. The van der Waals surface area contributed by atoms with Gasteiger partial charge in [-0.1, -0.05) is 60.2 Å². The van der Waals surface area contributed by atoms with Crippen LogP contribution in [0.25, 0.3) is 10.9 Å². The van der Waals surface area contributed by atoms with Crippen LogP contribution < -0.4 is 5.32 Å². The topological polar surface area (TPSA) is 54.3 Å². The fourth-order valence-corrected chi connectivity index (χ4v) is 5.21. The zero-order valence-electron chi connectivity index (χ0n) is 19.2. The summed E-state index contributed by atoms with van der Waals surface area (Å²) >= 11 is 0. The van der Waals surface area contributed by atoms with Crippen molar-refractivity contribution in [1.29, 1.82) is 0 Å². The van der Waals surface area contributed by atoms with E-state index < -0.39 is 5.54 Å². The molecule has 2 aliphatic rings. The summed E-state index contributed by atoms with van der Waals surface area (Å²) in [4.78, 5) is 29.2. The van der Waals surface area contributed by atoms with Gasteiger partial charge < -0.3 is 14.8 Å². The van der Waals surface area contributed by atoms with Gasteiger partial charge in [0, 0.05) is 24.0 Å². The molecule has 5 heteroatoms. The number of para-hydroxylation sites is 1. The minimum atomic E-state index is -0.962. The van der Waals surface area contributed by atoms with Crippen molar-refractivity contribution in [2.75, 3.05) is 6.54 Å². The Labute approximate surface area is 195 Å². The van der Waals surface area contributed by atoms with E-state index in [4.69, 9.17) is 0 Å². The van der Waals surface area contributed by atoms with Gasteiger partial charge in [0.25, 0.3) is 5.91 Å². The number of amides is 2. The van der Waals surface area contributed by atoms with Gasteiger partial charge in [-0.25, -0.2) is 0 Å². The molecule has 5 rings (SSSR count). The Balaban J connectivity index is 1.46. The van der Waals surface area contributed by atoms with Crippen molar-refractivity contribution < 1.29 is 9.59 Å². The van der Waals surface area contributed by atoms with E-state index in [1.54, 1.807) is 0 Å². The number of hydrogen-bond acceptors (Lipinski definition) is 2. The van der Waals surface area contributed by atoms with Gasteiger partial charge in [-0.15, -0.1) is 0 Å². The number of carbonyl (C=O) groups is 2. The summed E-state index contributed by atoms with van der Waals surface area (Å²) in [7, 11) is 0. The number of nitrogens with one attached hydrogen (secondary N) is 1. The molecule has 2 aromatic carbocycles. The quantitative estimate of drug-likeness (QED) is 0.544. The third-order valence-electron chi connectivity index (χ3n) is 7.16. The predicted octanol–water partition coefficient (Wildman–Crippen LogP) is 5.06. The molecule has 2 heterocycles. The molecule has 0 saturated carbocycles. The molecule has 1 aliphatic heterocycles. The maximum absolute atomic E-state index is 13.8. The fourth-order valence-electron chi connectivity index (χ4n) is 5.21. The lowest BCUT2D eigenvalue weighted by molar-refractivity contribution is -0.133. The molecule has 33 heavy (non-hydrogen) atoms. The zero-order valence-corrected chi connectivity index (χ0v) is 19.2. The summed E-state index contributed by atoms with van der Waals surface area (Å²) in [5.74, 6) is -0.174. The van der Waals surface area contributed by atoms with E-state index in [1.165, 1.54) is 18.4 Å². The van der Waals surface area contributed by atoms with Crippen LogP contribution in [0.2, 0.25) is 0 Å². The molecule has 0 radical (unpaired) electrons. The second kappa shape index (κ2) is 8.89. The first-order chi connectivity index (χ1) is 16.1. The van der Waals surface area contributed by atoms with Crippen molar-refractivity contribution in [2.45, 2.75) is 57.7 Å². The summed E-state index contributed by atoms with van der Waals surface area (Å²) < 4.78 is 2.02. The number of hydrogen-bond donors (Lipinski definition) is 1. The normalized spacial score (nSPS) is 20.5. The maximum Gasteiger partial charge on any atom is 0.271 e. The van der Waals surface area contributed by atoms with Crippen LogP contribution in [0.1, 0.15) is 55.1 Å². The van der Waals surface area contributed by atoms with Crippen LogP contribution in [-0.2, 0) is 17.9 Å². The second-order valence-electron chi connectivity index (χ2n) is 9.43. The Kier molecular flexibility index (Phi) is 5.79. The van der Waals surface area contributed by atoms with Crippen LogP contribution in [-0.4, -0.2) is 33.4 Å². The molecule has 1 atom stereocenters. The number of aromatic nitrogens is 1. The molecule has 170 valence electrons. The second-order valence-corrected chi connectivity index (χ2v) is 9.43. The Morgan fingerprint density at radius 1 is 1.06 bits per heavy atom. The van der Waals surface area contributed by atoms with Crippen LogP contribution in [0.3, 0.4) is 0 Å². The molecule has 0 bridgehead atoms. The van der Waals surface area contributed by atoms with Gasteiger partial charge in [-0.3, -0.25) is 9.59 Å². The smallest absolute Gasteiger partial charge is 0.271 e. The molecule has 1 aliphatic carbocycles. The number of carbonyl (C=O) groups excluding carboxylic acids is 2. The van der Waals surface area contributed by atoms with E-state index in [-0.39, 0.29) is 11.8 Å². The molecule has 0 spiro atoms. The first-order valence-corrected chi connectivity index (χ1v) is 12.0. The van der Waals surface area contributed by atoms with Crippen molar-refractivity contribution in [2.24, 2.45) is 0 Å². The third-order valence-corrected chi connectivity index (χ3v) is 7.16. The lowest BCUT2D eigenvalue weighted by atomic mass is 9.92. The van der Waals surface area contributed by atoms with Crippen molar-refractivity contribution in [3.05, 3.63) is 83.6 Å². The van der Waals surface area contributed by atoms with E-state index in [2.05, 4.69) is 11.4 Å². The predicted molar refractivity (Wildman–Crippen MR) is 131 cm³/mol. The number of nitrogens with zero attached hydrogens (tertiary/aromatic N) is 2. The molecule has 2 amide bonds. The van der Waals surface area contributed by atoms with Crippen molar-refractivity contribution in [3.8, 4) is 0 Å². The Morgan fingerprint density at radius 3 is 2.64 bits per heavy atom. The first kappa shape index (κ1) is 21.5. The van der Waals surface area contributed by atoms with E-state index in [0.29, 0.717) is 25.3 Å². The van der Waals surface area contributed by atoms with Crippen LogP contribution >= 0.6 is 0 Å². The minimum absolute atomic E-state index is 0.0637. The van der Waals surface area contributed by atoms with Crippen LogP contribution in [0.15, 0.2) is 72.3 Å². The third kappa shape index (κ3) is 4.08. The van der Waals surface area contributed by atoms with Gasteiger partial charge in [0.1, 0.15) is 11.2 Å². The Morgan fingerprint density at radius 2 is 1.85 bits per heavy atom. The van der Waals surface area contributed by atoms with E-state index in [0.717, 1.165) is 35.7 Å². The van der Waals surface area contributed by atoms with Gasteiger partial charge in [-0.2, -0.15) is 0 Å². The summed E-state index contributed by atoms with van der Waals surface area (Å²) in [6.07, 6.45) is 7.81. The van der Waals surface area contributed by atoms with Gasteiger partial charge >= 0.3 is 0 Å². The highest BCUT2D eigenvalue weighted by Crippen LogP contribution is 2.33. The monoisotopic (exact) mass is 441 g/mol. The highest BCUT2D eigenvalue weighted by molar-refractivity contribution is 6.03. The molecular formula is C28H31N3O2. The zero-order chi connectivity index (χ0) is 22.8. The highest BCUT2D eigenvalue weighted by atomic mass is 16.2. The summed E-state index contributed by atoms with van der Waals surface area (Å²) in [6.45, 7) is 3.36. The lowest BCUT2D eigenvalue weighted by Gasteiger charge is -2.44. The van der Waals surface area contributed by atoms with Gasteiger partial charge in [0.05, 0.1) is 6.54 Å². The number of allylic oxidation sites excluding steroid dienone is 1. The van der Waals surface area contributed by atoms with Crippen LogP contribution in [0.4, 0.5) is 0 Å². The number of rotatable bonds is 6. The molecule has 3 aromatic rings. The van der Waals surface area contributed by atoms with Gasteiger partial charge in [0.15, 0.2) is 0 Å².